The number of nitrogens with zero attached hydrogens (tertiary/aromatic N) is 2. The zero-order chi connectivity index (χ0) is 32.8. The SMILES string of the molecule is c1ccc(-n2c3ccccc3c3c(N(c4cccc5c4sc4c6ccccc6ccc54)c4cccc5oc6ccccc6c45)cccc32)cc1. The minimum absolute atomic E-state index is 0.877. The third-order valence-electron chi connectivity index (χ3n) is 10.2. The van der Waals surface area contributed by atoms with Gasteiger partial charge in [0.1, 0.15) is 11.2 Å². The summed E-state index contributed by atoms with van der Waals surface area (Å²) in [4.78, 5) is 2.49. The first-order chi connectivity index (χ1) is 24.8. The lowest BCUT2D eigenvalue weighted by Gasteiger charge is -2.27. The minimum atomic E-state index is 0.877. The standard InChI is InChI=1S/C46H28N2OS/c1-2-14-30(15-3-1)47-36-20-8-6-17-34(36)43-37(47)21-11-22-38(43)48(39-23-12-26-42-44(39)35-18-7-9-25-41(35)49-42)40-24-10-19-32-33-28-27-29-13-4-5-16-31(29)45(33)50-46(32)40/h1-28H. The Labute approximate surface area is 291 Å². The van der Waals surface area contributed by atoms with Gasteiger partial charge in [0.2, 0.25) is 0 Å². The van der Waals surface area contributed by atoms with E-state index in [0.717, 1.165) is 44.7 Å². The van der Waals surface area contributed by atoms with Crippen molar-refractivity contribution >= 4 is 103 Å². The summed E-state index contributed by atoms with van der Waals surface area (Å²) in [6, 6.07) is 61.1. The molecule has 0 N–H and O–H groups in total. The van der Waals surface area contributed by atoms with Crippen molar-refractivity contribution in [2.24, 2.45) is 0 Å². The maximum Gasteiger partial charge on any atom is 0.137 e. The quantitative estimate of drug-likeness (QED) is 0.188. The molecule has 3 aromatic heterocycles. The predicted molar refractivity (Wildman–Crippen MR) is 213 cm³/mol. The third kappa shape index (κ3) is 3.85. The number of furan rings is 1. The van der Waals surface area contributed by atoms with Gasteiger partial charge in [0, 0.05) is 37.3 Å². The number of rotatable bonds is 4. The highest BCUT2D eigenvalue weighted by Crippen LogP contribution is 2.51. The van der Waals surface area contributed by atoms with Crippen molar-refractivity contribution in [1.82, 2.24) is 4.57 Å². The van der Waals surface area contributed by atoms with E-state index in [4.69, 9.17) is 4.42 Å². The highest BCUT2D eigenvalue weighted by atomic mass is 32.1. The van der Waals surface area contributed by atoms with Crippen LogP contribution in [0.5, 0.6) is 0 Å². The molecule has 8 aromatic carbocycles. The van der Waals surface area contributed by atoms with Crippen molar-refractivity contribution in [3.63, 3.8) is 0 Å². The summed E-state index contributed by atoms with van der Waals surface area (Å²) in [6.07, 6.45) is 0. The van der Waals surface area contributed by atoms with Crippen molar-refractivity contribution in [2.75, 3.05) is 4.90 Å². The minimum Gasteiger partial charge on any atom is -0.456 e. The number of anilines is 3. The molecule has 0 fully saturated rings. The van der Waals surface area contributed by atoms with E-state index in [-0.39, 0.29) is 0 Å². The molecule has 0 spiro atoms. The second-order valence-electron chi connectivity index (χ2n) is 12.9. The molecule has 0 aliphatic rings. The molecule has 0 saturated heterocycles. The van der Waals surface area contributed by atoms with Crippen LogP contribution in [0.4, 0.5) is 17.1 Å². The van der Waals surface area contributed by atoms with Gasteiger partial charge in [0.15, 0.2) is 0 Å². The number of thiophene rings is 1. The highest BCUT2D eigenvalue weighted by molar-refractivity contribution is 7.27. The van der Waals surface area contributed by atoms with Crippen molar-refractivity contribution in [1.29, 1.82) is 0 Å². The Kier molecular flexibility index (Phi) is 5.83. The molecular weight excluding hydrogens is 629 g/mol. The van der Waals surface area contributed by atoms with E-state index in [9.17, 15) is 0 Å². The van der Waals surface area contributed by atoms with Crippen LogP contribution in [0.3, 0.4) is 0 Å². The van der Waals surface area contributed by atoms with Crippen molar-refractivity contribution in [2.45, 2.75) is 0 Å². The van der Waals surface area contributed by atoms with Crippen LogP contribution in [-0.4, -0.2) is 4.57 Å². The monoisotopic (exact) mass is 656 g/mol. The lowest BCUT2D eigenvalue weighted by molar-refractivity contribution is 0.669. The van der Waals surface area contributed by atoms with Crippen molar-refractivity contribution in [3.05, 3.63) is 170 Å². The topological polar surface area (TPSA) is 21.3 Å². The fourth-order valence-corrected chi connectivity index (χ4v) is 9.40. The molecule has 3 heterocycles. The van der Waals surface area contributed by atoms with E-state index in [1.165, 1.54) is 52.8 Å². The van der Waals surface area contributed by atoms with Crippen molar-refractivity contribution < 1.29 is 4.42 Å². The summed E-state index contributed by atoms with van der Waals surface area (Å²) in [5.74, 6) is 0. The van der Waals surface area contributed by atoms with Crippen LogP contribution < -0.4 is 4.90 Å². The van der Waals surface area contributed by atoms with E-state index < -0.39 is 0 Å². The molecule has 0 amide bonds. The van der Waals surface area contributed by atoms with E-state index in [1.807, 2.05) is 17.4 Å². The number of fused-ring (bicyclic) bond motifs is 11. The van der Waals surface area contributed by atoms with Crippen LogP contribution in [0, 0.1) is 0 Å². The summed E-state index contributed by atoms with van der Waals surface area (Å²) in [5.41, 5.74) is 8.62. The molecule has 4 heteroatoms. The Morgan fingerprint density at radius 3 is 1.92 bits per heavy atom. The lowest BCUT2D eigenvalue weighted by atomic mass is 10.0. The first kappa shape index (κ1) is 27.6. The van der Waals surface area contributed by atoms with Gasteiger partial charge in [-0.2, -0.15) is 0 Å². The normalized spacial score (nSPS) is 12.0. The molecule has 0 radical (unpaired) electrons. The molecule has 11 aromatic rings. The molecule has 0 atom stereocenters. The first-order valence-corrected chi connectivity index (χ1v) is 17.8. The van der Waals surface area contributed by atoms with E-state index in [1.54, 1.807) is 0 Å². The van der Waals surface area contributed by atoms with Gasteiger partial charge in [-0.15, -0.1) is 11.3 Å². The third-order valence-corrected chi connectivity index (χ3v) is 11.4. The van der Waals surface area contributed by atoms with Gasteiger partial charge in [-0.1, -0.05) is 115 Å². The maximum absolute atomic E-state index is 6.49. The first-order valence-electron chi connectivity index (χ1n) is 16.9. The second kappa shape index (κ2) is 10.6. The van der Waals surface area contributed by atoms with Gasteiger partial charge in [-0.3, -0.25) is 0 Å². The van der Waals surface area contributed by atoms with Crippen LogP contribution >= 0.6 is 11.3 Å². The number of hydrogen-bond acceptors (Lipinski definition) is 3. The van der Waals surface area contributed by atoms with Gasteiger partial charge < -0.3 is 13.9 Å². The molecule has 0 unspecified atom stereocenters. The average Bonchev–Trinajstić information content (AvgIpc) is 3.86. The van der Waals surface area contributed by atoms with Crippen LogP contribution in [0.2, 0.25) is 0 Å². The number of benzene rings is 8. The highest BCUT2D eigenvalue weighted by Gasteiger charge is 2.26. The van der Waals surface area contributed by atoms with Crippen LogP contribution in [-0.2, 0) is 0 Å². The molecule has 234 valence electrons. The molecule has 3 nitrogen and oxygen atoms in total. The number of para-hydroxylation sites is 3. The molecule has 0 bridgehead atoms. The zero-order valence-corrected chi connectivity index (χ0v) is 27.7. The Bertz CT molecular complexity index is 3110. The van der Waals surface area contributed by atoms with Gasteiger partial charge in [-0.05, 0) is 65.4 Å². The fourth-order valence-electron chi connectivity index (χ4n) is 8.06. The van der Waals surface area contributed by atoms with Gasteiger partial charge in [0.25, 0.3) is 0 Å². The van der Waals surface area contributed by atoms with Gasteiger partial charge in [-0.25, -0.2) is 0 Å². The Hall–Kier alpha value is -6.36. The summed E-state index contributed by atoms with van der Waals surface area (Å²) < 4.78 is 11.5. The lowest BCUT2D eigenvalue weighted by Crippen LogP contribution is -2.11. The predicted octanol–water partition coefficient (Wildman–Crippen LogP) is 13.7. The Balaban J connectivity index is 1.31. The summed E-state index contributed by atoms with van der Waals surface area (Å²) >= 11 is 1.89. The molecule has 11 rings (SSSR count). The number of aromatic nitrogens is 1. The average molecular weight is 657 g/mol. The molecule has 50 heavy (non-hydrogen) atoms. The maximum atomic E-state index is 6.49. The van der Waals surface area contributed by atoms with Crippen LogP contribution in [0.15, 0.2) is 174 Å². The number of hydrogen-bond donors (Lipinski definition) is 0. The largest absolute Gasteiger partial charge is 0.456 e. The van der Waals surface area contributed by atoms with E-state index >= 15 is 0 Å². The van der Waals surface area contributed by atoms with Gasteiger partial charge in [0.05, 0.1) is 38.2 Å². The van der Waals surface area contributed by atoms with E-state index in [2.05, 4.69) is 173 Å². The Morgan fingerprint density at radius 2 is 1.02 bits per heavy atom. The van der Waals surface area contributed by atoms with Gasteiger partial charge >= 0.3 is 0 Å². The zero-order valence-electron chi connectivity index (χ0n) is 26.9. The summed E-state index contributed by atoms with van der Waals surface area (Å²) in [5, 5.41) is 9.74. The van der Waals surface area contributed by atoms with Crippen molar-refractivity contribution in [3.8, 4) is 5.69 Å². The summed E-state index contributed by atoms with van der Waals surface area (Å²) in [6.45, 7) is 0. The van der Waals surface area contributed by atoms with E-state index in [0.29, 0.717) is 0 Å². The Morgan fingerprint density at radius 1 is 0.400 bits per heavy atom. The van der Waals surface area contributed by atoms with Crippen LogP contribution in [0.1, 0.15) is 0 Å². The second-order valence-corrected chi connectivity index (χ2v) is 13.9. The smallest absolute Gasteiger partial charge is 0.137 e. The molecular formula is C46H28N2OS. The molecule has 0 aliphatic heterocycles. The molecule has 0 saturated carbocycles. The fraction of sp³-hybridized carbons (Fsp3) is 0. The van der Waals surface area contributed by atoms with Crippen LogP contribution in [0.25, 0.3) is 80.4 Å². The molecule has 0 aliphatic carbocycles. The summed E-state index contributed by atoms with van der Waals surface area (Å²) in [7, 11) is 0.